The molecule has 0 radical (unpaired) electrons. The molecule has 1 aliphatic heterocycles. The fourth-order valence-corrected chi connectivity index (χ4v) is 2.44. The Hall–Kier alpha value is -2.38. The van der Waals surface area contributed by atoms with E-state index in [-0.39, 0.29) is 12.0 Å². The number of carbonyl (C=O) groups excluding carboxylic acids is 2. The number of methoxy groups -OCH3 is 1. The van der Waals surface area contributed by atoms with Crippen molar-refractivity contribution in [1.29, 1.82) is 0 Å². The lowest BCUT2D eigenvalue weighted by Crippen LogP contribution is -2.47. The van der Waals surface area contributed by atoms with Crippen molar-refractivity contribution in [3.05, 3.63) is 12.1 Å². The van der Waals surface area contributed by atoms with Gasteiger partial charge in [0.2, 0.25) is 11.8 Å². The van der Waals surface area contributed by atoms with Crippen LogP contribution >= 0.6 is 0 Å². The molecule has 1 amide bonds. The lowest BCUT2D eigenvalue weighted by Gasteiger charge is -2.28. The van der Waals surface area contributed by atoms with Crippen molar-refractivity contribution < 1.29 is 23.8 Å². The second kappa shape index (κ2) is 6.80. The standard InChI is InChI=1S/C15H21N3O5/c1-10(19)23-15(2,3)14(20)18-8-7-11(9-18)22-13-6-5-12(21-4)16-17-13/h5-6,11H,7-9H2,1-4H3. The molecule has 0 aromatic carbocycles. The number of nitrogens with zero attached hydrogens (tertiary/aromatic N) is 3. The van der Waals surface area contributed by atoms with Crippen LogP contribution in [-0.2, 0) is 14.3 Å². The van der Waals surface area contributed by atoms with Gasteiger partial charge in [0.25, 0.3) is 5.91 Å². The van der Waals surface area contributed by atoms with Crippen LogP contribution in [0.4, 0.5) is 0 Å². The smallest absolute Gasteiger partial charge is 0.303 e. The molecule has 2 rings (SSSR count). The van der Waals surface area contributed by atoms with Crippen molar-refractivity contribution >= 4 is 11.9 Å². The van der Waals surface area contributed by atoms with Gasteiger partial charge < -0.3 is 19.1 Å². The summed E-state index contributed by atoms with van der Waals surface area (Å²) in [5.41, 5.74) is -1.18. The van der Waals surface area contributed by atoms with Gasteiger partial charge in [0.1, 0.15) is 6.10 Å². The third-order valence-electron chi connectivity index (χ3n) is 3.46. The lowest BCUT2D eigenvalue weighted by molar-refractivity contribution is -0.168. The van der Waals surface area contributed by atoms with Crippen LogP contribution in [0.1, 0.15) is 27.2 Å². The Bertz CT molecular complexity index is 573. The molecule has 1 unspecified atom stereocenters. The summed E-state index contributed by atoms with van der Waals surface area (Å²) in [4.78, 5) is 25.2. The molecule has 1 saturated heterocycles. The highest BCUT2D eigenvalue weighted by atomic mass is 16.6. The molecule has 1 aromatic rings. The third kappa shape index (κ3) is 4.30. The van der Waals surface area contributed by atoms with Gasteiger partial charge in [-0.1, -0.05) is 0 Å². The highest BCUT2D eigenvalue weighted by Gasteiger charge is 2.38. The predicted octanol–water partition coefficient (Wildman–Crippen LogP) is 0.807. The average Bonchev–Trinajstić information content (AvgIpc) is 2.94. The van der Waals surface area contributed by atoms with Crippen LogP contribution in [0.5, 0.6) is 11.8 Å². The van der Waals surface area contributed by atoms with E-state index in [4.69, 9.17) is 14.2 Å². The first kappa shape index (κ1) is 17.0. The van der Waals surface area contributed by atoms with Crippen LogP contribution in [0, 0.1) is 0 Å². The van der Waals surface area contributed by atoms with Crippen molar-refractivity contribution in [1.82, 2.24) is 15.1 Å². The highest BCUT2D eigenvalue weighted by Crippen LogP contribution is 2.21. The first-order valence-electron chi connectivity index (χ1n) is 7.35. The molecule has 126 valence electrons. The van der Waals surface area contributed by atoms with Crippen LogP contribution in [0.15, 0.2) is 12.1 Å². The quantitative estimate of drug-likeness (QED) is 0.740. The van der Waals surface area contributed by atoms with Crippen molar-refractivity contribution in [2.45, 2.75) is 38.9 Å². The number of rotatable bonds is 5. The van der Waals surface area contributed by atoms with Crippen LogP contribution in [0.3, 0.4) is 0 Å². The van der Waals surface area contributed by atoms with E-state index in [1.165, 1.54) is 14.0 Å². The molecule has 1 fully saturated rings. The number of hydrogen-bond acceptors (Lipinski definition) is 7. The average molecular weight is 323 g/mol. The summed E-state index contributed by atoms with van der Waals surface area (Å²) in [6, 6.07) is 3.32. The Morgan fingerprint density at radius 3 is 2.48 bits per heavy atom. The minimum absolute atomic E-state index is 0.172. The summed E-state index contributed by atoms with van der Waals surface area (Å²) in [5.74, 6) is 0.0662. The molecule has 0 saturated carbocycles. The number of ether oxygens (including phenoxy) is 3. The zero-order valence-corrected chi connectivity index (χ0v) is 13.7. The van der Waals surface area contributed by atoms with Crippen LogP contribution in [0.25, 0.3) is 0 Å². The summed E-state index contributed by atoms with van der Waals surface area (Å²) < 4.78 is 15.7. The first-order chi connectivity index (χ1) is 10.8. The van der Waals surface area contributed by atoms with Gasteiger partial charge in [-0.3, -0.25) is 9.59 Å². The largest absolute Gasteiger partial charge is 0.480 e. The van der Waals surface area contributed by atoms with Crippen LogP contribution in [0.2, 0.25) is 0 Å². The fourth-order valence-electron chi connectivity index (χ4n) is 2.44. The molecule has 8 heteroatoms. The predicted molar refractivity (Wildman–Crippen MR) is 80.0 cm³/mol. The highest BCUT2D eigenvalue weighted by molar-refractivity contribution is 5.87. The Morgan fingerprint density at radius 1 is 1.26 bits per heavy atom. The summed E-state index contributed by atoms with van der Waals surface area (Å²) in [5, 5.41) is 7.73. The van der Waals surface area contributed by atoms with Gasteiger partial charge >= 0.3 is 5.97 Å². The maximum absolute atomic E-state index is 12.4. The number of esters is 1. The van der Waals surface area contributed by atoms with E-state index in [9.17, 15) is 9.59 Å². The Labute approximate surface area is 134 Å². The zero-order valence-electron chi connectivity index (χ0n) is 13.7. The van der Waals surface area contributed by atoms with E-state index in [0.717, 1.165) is 0 Å². The van der Waals surface area contributed by atoms with E-state index in [2.05, 4.69) is 10.2 Å². The summed E-state index contributed by atoms with van der Waals surface area (Å²) in [6.07, 6.45) is 0.505. The fraction of sp³-hybridized carbons (Fsp3) is 0.600. The molecule has 0 aliphatic carbocycles. The van der Waals surface area contributed by atoms with Gasteiger partial charge in [0.15, 0.2) is 5.60 Å². The molecule has 2 heterocycles. The van der Waals surface area contributed by atoms with Gasteiger partial charge in [0, 0.05) is 32.0 Å². The molecule has 1 atom stereocenters. The lowest BCUT2D eigenvalue weighted by atomic mass is 10.1. The molecular formula is C15H21N3O5. The van der Waals surface area contributed by atoms with Gasteiger partial charge in [-0.2, -0.15) is 0 Å². The van der Waals surface area contributed by atoms with Crippen LogP contribution < -0.4 is 9.47 Å². The minimum atomic E-state index is -1.18. The maximum Gasteiger partial charge on any atom is 0.303 e. The van der Waals surface area contributed by atoms with E-state index >= 15 is 0 Å². The molecule has 1 aliphatic rings. The molecule has 8 nitrogen and oxygen atoms in total. The number of aromatic nitrogens is 2. The second-order valence-electron chi connectivity index (χ2n) is 5.80. The zero-order chi connectivity index (χ0) is 17.0. The first-order valence-corrected chi connectivity index (χ1v) is 7.35. The van der Waals surface area contributed by atoms with Crippen molar-refractivity contribution in [3.8, 4) is 11.8 Å². The Morgan fingerprint density at radius 2 is 1.91 bits per heavy atom. The molecule has 23 heavy (non-hydrogen) atoms. The topological polar surface area (TPSA) is 90.8 Å². The van der Waals surface area contributed by atoms with Crippen LogP contribution in [-0.4, -0.2) is 58.9 Å². The number of likely N-dealkylation sites (tertiary alicyclic amines) is 1. The van der Waals surface area contributed by atoms with Gasteiger partial charge in [-0.25, -0.2) is 0 Å². The summed E-state index contributed by atoms with van der Waals surface area (Å²) in [6.45, 7) is 5.40. The Kier molecular flexibility index (Phi) is 5.02. The third-order valence-corrected chi connectivity index (χ3v) is 3.46. The van der Waals surface area contributed by atoms with Gasteiger partial charge in [-0.05, 0) is 13.8 Å². The molecule has 1 aromatic heterocycles. The molecule has 0 spiro atoms. The van der Waals surface area contributed by atoms with E-state index < -0.39 is 11.6 Å². The van der Waals surface area contributed by atoms with E-state index in [0.29, 0.717) is 31.3 Å². The van der Waals surface area contributed by atoms with Gasteiger partial charge in [-0.15, -0.1) is 10.2 Å². The summed E-state index contributed by atoms with van der Waals surface area (Å²) in [7, 11) is 1.51. The van der Waals surface area contributed by atoms with Crippen molar-refractivity contribution in [2.75, 3.05) is 20.2 Å². The van der Waals surface area contributed by atoms with Crippen molar-refractivity contribution in [2.24, 2.45) is 0 Å². The number of hydrogen-bond donors (Lipinski definition) is 0. The van der Waals surface area contributed by atoms with E-state index in [1.807, 2.05) is 0 Å². The Balaban J connectivity index is 1.92. The van der Waals surface area contributed by atoms with Gasteiger partial charge in [0.05, 0.1) is 13.7 Å². The SMILES string of the molecule is COc1ccc(OC2CCN(C(=O)C(C)(C)OC(C)=O)C2)nn1. The molecular weight excluding hydrogens is 302 g/mol. The normalized spacial score (nSPS) is 17.7. The number of carbonyl (C=O) groups is 2. The second-order valence-corrected chi connectivity index (χ2v) is 5.80. The maximum atomic E-state index is 12.4. The molecule has 0 bridgehead atoms. The molecule has 0 N–H and O–H groups in total. The number of amides is 1. The van der Waals surface area contributed by atoms with Crippen molar-refractivity contribution in [3.63, 3.8) is 0 Å². The van der Waals surface area contributed by atoms with E-state index in [1.54, 1.807) is 30.9 Å². The monoisotopic (exact) mass is 323 g/mol. The summed E-state index contributed by atoms with van der Waals surface area (Å²) >= 11 is 0. The minimum Gasteiger partial charge on any atom is -0.480 e.